The molecule has 3 aromatic rings. The summed E-state index contributed by atoms with van der Waals surface area (Å²) >= 11 is 3.38. The first-order valence-electron chi connectivity index (χ1n) is 12.5. The zero-order chi connectivity index (χ0) is 27.9. The number of nitrogens with one attached hydrogen (secondary N) is 1. The van der Waals surface area contributed by atoms with Crippen molar-refractivity contribution in [3.8, 4) is 0 Å². The van der Waals surface area contributed by atoms with Gasteiger partial charge in [0.15, 0.2) is 0 Å². The summed E-state index contributed by atoms with van der Waals surface area (Å²) in [5.41, 5.74) is 2.10. The minimum Gasteiger partial charge on any atom is -0.352 e. The molecular formula is C29H34BrN3O4S. The monoisotopic (exact) mass is 599 g/mol. The molecule has 1 N–H and O–H groups in total. The lowest BCUT2D eigenvalue weighted by atomic mass is 10.1. The average Bonchev–Trinajstić information content (AvgIpc) is 2.91. The number of anilines is 1. The van der Waals surface area contributed by atoms with Crippen molar-refractivity contribution in [1.29, 1.82) is 0 Å². The average molecular weight is 601 g/mol. The van der Waals surface area contributed by atoms with Crippen LogP contribution in [0.15, 0.2) is 88.2 Å². The van der Waals surface area contributed by atoms with Crippen molar-refractivity contribution in [2.24, 2.45) is 0 Å². The highest BCUT2D eigenvalue weighted by atomic mass is 79.9. The van der Waals surface area contributed by atoms with E-state index in [9.17, 15) is 18.0 Å². The van der Waals surface area contributed by atoms with Crippen LogP contribution in [0.1, 0.15) is 38.3 Å². The number of halogens is 1. The number of nitrogens with zero attached hydrogens (tertiary/aromatic N) is 2. The Hall–Kier alpha value is -3.17. The third-order valence-corrected chi connectivity index (χ3v) is 8.68. The van der Waals surface area contributed by atoms with Gasteiger partial charge in [0.1, 0.15) is 12.6 Å². The Morgan fingerprint density at radius 1 is 0.921 bits per heavy atom. The molecule has 2 atom stereocenters. The zero-order valence-corrected chi connectivity index (χ0v) is 24.5. The molecule has 38 heavy (non-hydrogen) atoms. The van der Waals surface area contributed by atoms with E-state index in [1.807, 2.05) is 51.1 Å². The zero-order valence-electron chi connectivity index (χ0n) is 22.1. The maximum Gasteiger partial charge on any atom is 0.264 e. The van der Waals surface area contributed by atoms with E-state index >= 15 is 0 Å². The molecule has 0 aromatic heterocycles. The Bertz CT molecular complexity index is 1330. The second-order valence-electron chi connectivity index (χ2n) is 9.30. The number of carbonyl (C=O) groups is 2. The quantitative estimate of drug-likeness (QED) is 0.324. The Morgan fingerprint density at radius 2 is 1.53 bits per heavy atom. The molecule has 0 spiro atoms. The van der Waals surface area contributed by atoms with Crippen LogP contribution in [0.4, 0.5) is 5.69 Å². The summed E-state index contributed by atoms with van der Waals surface area (Å²) in [5.74, 6) is -0.778. The number of amides is 2. The highest BCUT2D eigenvalue weighted by Crippen LogP contribution is 2.26. The van der Waals surface area contributed by atoms with Crippen LogP contribution in [-0.4, -0.2) is 43.8 Å². The summed E-state index contributed by atoms with van der Waals surface area (Å²) in [7, 11) is -4.08. The molecule has 0 heterocycles. The Balaban J connectivity index is 2.00. The molecular weight excluding hydrogens is 566 g/mol. The van der Waals surface area contributed by atoms with Gasteiger partial charge in [-0.05, 0) is 69.2 Å². The van der Waals surface area contributed by atoms with Gasteiger partial charge >= 0.3 is 0 Å². The maximum absolute atomic E-state index is 13.9. The van der Waals surface area contributed by atoms with Crippen molar-refractivity contribution in [3.63, 3.8) is 0 Å². The van der Waals surface area contributed by atoms with Gasteiger partial charge in [-0.3, -0.25) is 13.9 Å². The molecule has 3 aromatic carbocycles. The Kier molecular flexibility index (Phi) is 10.1. The number of rotatable bonds is 11. The smallest absolute Gasteiger partial charge is 0.264 e. The lowest BCUT2D eigenvalue weighted by molar-refractivity contribution is -0.139. The molecule has 0 aliphatic carbocycles. The summed E-state index contributed by atoms with van der Waals surface area (Å²) in [6.07, 6.45) is 0.747. The molecule has 0 saturated heterocycles. The maximum atomic E-state index is 13.9. The minimum atomic E-state index is -4.08. The molecule has 0 bridgehead atoms. The highest BCUT2D eigenvalue weighted by molar-refractivity contribution is 9.10. The van der Waals surface area contributed by atoms with Crippen molar-refractivity contribution in [1.82, 2.24) is 10.2 Å². The molecule has 2 unspecified atom stereocenters. The van der Waals surface area contributed by atoms with Gasteiger partial charge in [0, 0.05) is 17.1 Å². The predicted molar refractivity (Wildman–Crippen MR) is 154 cm³/mol. The fraction of sp³-hybridized carbons (Fsp3) is 0.310. The first-order valence-corrected chi connectivity index (χ1v) is 14.7. The van der Waals surface area contributed by atoms with Crippen LogP contribution in [0.3, 0.4) is 0 Å². The molecule has 0 aliphatic heterocycles. The Morgan fingerprint density at radius 3 is 2.11 bits per heavy atom. The molecule has 3 rings (SSSR count). The summed E-state index contributed by atoms with van der Waals surface area (Å²) in [6, 6.07) is 21.7. The van der Waals surface area contributed by atoms with Crippen molar-refractivity contribution < 1.29 is 18.0 Å². The van der Waals surface area contributed by atoms with E-state index in [1.165, 1.54) is 17.0 Å². The summed E-state index contributed by atoms with van der Waals surface area (Å²) in [4.78, 5) is 28.4. The van der Waals surface area contributed by atoms with Crippen LogP contribution in [0, 0.1) is 6.92 Å². The molecule has 0 saturated carbocycles. The molecule has 2 amide bonds. The SMILES string of the molecule is CCC(C)NC(=O)C(C)N(Cc1ccccc1)C(=O)CN(c1ccc(Br)cc1)S(=O)(=O)c1ccc(C)cc1. The molecule has 202 valence electrons. The van der Waals surface area contributed by atoms with Crippen LogP contribution in [-0.2, 0) is 26.2 Å². The van der Waals surface area contributed by atoms with E-state index in [4.69, 9.17) is 0 Å². The van der Waals surface area contributed by atoms with Gasteiger partial charge in [-0.2, -0.15) is 0 Å². The first kappa shape index (κ1) is 29.4. The third-order valence-electron chi connectivity index (χ3n) is 6.37. The van der Waals surface area contributed by atoms with E-state index < -0.39 is 28.5 Å². The molecule has 0 aliphatic rings. The highest BCUT2D eigenvalue weighted by Gasteiger charge is 2.32. The van der Waals surface area contributed by atoms with E-state index in [0.29, 0.717) is 5.69 Å². The lowest BCUT2D eigenvalue weighted by Gasteiger charge is -2.32. The number of hydrogen-bond donors (Lipinski definition) is 1. The lowest BCUT2D eigenvalue weighted by Crippen LogP contribution is -2.52. The second-order valence-corrected chi connectivity index (χ2v) is 12.1. The fourth-order valence-corrected chi connectivity index (χ4v) is 5.48. The van der Waals surface area contributed by atoms with Gasteiger partial charge in [0.2, 0.25) is 11.8 Å². The minimum absolute atomic E-state index is 0.0557. The molecule has 0 radical (unpaired) electrons. The Labute approximate surface area is 234 Å². The standard InChI is InChI=1S/C29H34BrN3O4S/c1-5-22(3)31-29(35)23(4)32(19-24-9-7-6-8-10-24)28(34)20-33(26-15-13-25(30)14-16-26)38(36,37)27-17-11-21(2)12-18-27/h6-18,22-23H,5,19-20H2,1-4H3,(H,31,35). The number of benzene rings is 3. The van der Waals surface area contributed by atoms with Crippen LogP contribution in [0.5, 0.6) is 0 Å². The summed E-state index contributed by atoms with van der Waals surface area (Å²) < 4.78 is 29.5. The van der Waals surface area contributed by atoms with Gasteiger partial charge < -0.3 is 10.2 Å². The van der Waals surface area contributed by atoms with Crippen LogP contribution < -0.4 is 9.62 Å². The topological polar surface area (TPSA) is 86.8 Å². The van der Waals surface area contributed by atoms with Crippen LogP contribution in [0.2, 0.25) is 0 Å². The van der Waals surface area contributed by atoms with Crippen molar-refractivity contribution >= 4 is 43.5 Å². The van der Waals surface area contributed by atoms with Crippen molar-refractivity contribution in [2.45, 2.75) is 57.6 Å². The fourth-order valence-electron chi connectivity index (χ4n) is 3.80. The van der Waals surface area contributed by atoms with E-state index in [2.05, 4.69) is 21.2 Å². The molecule has 7 nitrogen and oxygen atoms in total. The first-order chi connectivity index (χ1) is 18.0. The largest absolute Gasteiger partial charge is 0.352 e. The van der Waals surface area contributed by atoms with Crippen molar-refractivity contribution in [3.05, 3.63) is 94.5 Å². The summed E-state index contributed by atoms with van der Waals surface area (Å²) in [6.45, 7) is 7.10. The van der Waals surface area contributed by atoms with Crippen LogP contribution in [0.25, 0.3) is 0 Å². The third kappa shape index (κ3) is 7.45. The molecule has 9 heteroatoms. The number of sulfonamides is 1. The van der Waals surface area contributed by atoms with Gasteiger partial charge in [-0.25, -0.2) is 8.42 Å². The van der Waals surface area contributed by atoms with Crippen LogP contribution >= 0.6 is 15.9 Å². The van der Waals surface area contributed by atoms with Gasteiger partial charge in [0.25, 0.3) is 10.0 Å². The van der Waals surface area contributed by atoms with E-state index in [0.717, 1.165) is 26.3 Å². The summed E-state index contributed by atoms with van der Waals surface area (Å²) in [5, 5.41) is 2.93. The van der Waals surface area contributed by atoms with Gasteiger partial charge in [-0.15, -0.1) is 0 Å². The molecule has 0 fully saturated rings. The van der Waals surface area contributed by atoms with Gasteiger partial charge in [-0.1, -0.05) is 70.9 Å². The predicted octanol–water partition coefficient (Wildman–Crippen LogP) is 5.28. The van der Waals surface area contributed by atoms with Crippen molar-refractivity contribution in [2.75, 3.05) is 10.8 Å². The number of carbonyl (C=O) groups excluding carboxylic acids is 2. The number of aryl methyl sites for hydroxylation is 1. The van der Waals surface area contributed by atoms with E-state index in [1.54, 1.807) is 43.3 Å². The number of hydrogen-bond acceptors (Lipinski definition) is 4. The van der Waals surface area contributed by atoms with E-state index in [-0.39, 0.29) is 23.4 Å². The second kappa shape index (κ2) is 13.1. The van der Waals surface area contributed by atoms with Gasteiger partial charge in [0.05, 0.1) is 10.6 Å². The normalized spacial score (nSPS) is 12.9.